The Hall–Kier alpha value is -2.21. The Morgan fingerprint density at radius 2 is 2.00 bits per heavy atom. The Balaban J connectivity index is 2.03. The summed E-state index contributed by atoms with van der Waals surface area (Å²) in [4.78, 5) is 16.0. The Morgan fingerprint density at radius 3 is 2.65 bits per heavy atom. The van der Waals surface area contributed by atoms with Gasteiger partial charge in [0.05, 0.1) is 4.90 Å². The molecule has 2 rings (SSSR count). The van der Waals surface area contributed by atoms with Gasteiger partial charge in [0, 0.05) is 18.8 Å². The Labute approximate surface area is 136 Å². The van der Waals surface area contributed by atoms with Gasteiger partial charge < -0.3 is 0 Å². The largest absolute Gasteiger partial charge is 0.274 e. The van der Waals surface area contributed by atoms with Gasteiger partial charge in [-0.3, -0.25) is 9.78 Å². The number of carbonyl (C=O) groups is 1. The molecule has 23 heavy (non-hydrogen) atoms. The van der Waals surface area contributed by atoms with Crippen LogP contribution < -0.4 is 4.72 Å². The van der Waals surface area contributed by atoms with Crippen molar-refractivity contribution in [3.8, 4) is 0 Å². The topological polar surface area (TPSA) is 76.1 Å². The number of aryl methyl sites for hydroxylation is 1. The summed E-state index contributed by atoms with van der Waals surface area (Å²) >= 11 is 0. The molecule has 5 nitrogen and oxygen atoms in total. The van der Waals surface area contributed by atoms with Gasteiger partial charge in [0.1, 0.15) is 0 Å². The maximum Gasteiger partial charge on any atom is 0.264 e. The number of amides is 1. The third-order valence-electron chi connectivity index (χ3n) is 3.45. The van der Waals surface area contributed by atoms with Crippen LogP contribution in [0.4, 0.5) is 0 Å². The molecule has 1 aromatic carbocycles. The Bertz CT molecular complexity index is 771. The van der Waals surface area contributed by atoms with E-state index in [1.54, 1.807) is 30.6 Å². The van der Waals surface area contributed by atoms with E-state index in [-0.39, 0.29) is 17.2 Å². The number of hydrogen-bond acceptors (Lipinski definition) is 4. The number of hydrogen-bond donors (Lipinski definition) is 1. The summed E-state index contributed by atoms with van der Waals surface area (Å²) in [6.45, 7) is 3.97. The second-order valence-electron chi connectivity index (χ2n) is 5.62. The van der Waals surface area contributed by atoms with E-state index in [9.17, 15) is 13.2 Å². The van der Waals surface area contributed by atoms with Crippen molar-refractivity contribution in [2.24, 2.45) is 0 Å². The fourth-order valence-corrected chi connectivity index (χ4v) is 3.17. The van der Waals surface area contributed by atoms with Gasteiger partial charge in [-0.2, -0.15) is 0 Å². The van der Waals surface area contributed by atoms with E-state index in [1.165, 1.54) is 6.07 Å². The zero-order valence-electron chi connectivity index (χ0n) is 13.2. The second kappa shape index (κ2) is 7.37. The molecular formula is C17H20N2O3S. The zero-order chi connectivity index (χ0) is 16.9. The van der Waals surface area contributed by atoms with E-state index < -0.39 is 15.9 Å². The van der Waals surface area contributed by atoms with Crippen molar-refractivity contribution in [3.05, 3.63) is 59.9 Å². The smallest absolute Gasteiger partial charge is 0.264 e. The van der Waals surface area contributed by atoms with Crippen molar-refractivity contribution >= 4 is 15.9 Å². The van der Waals surface area contributed by atoms with Gasteiger partial charge in [0.25, 0.3) is 10.0 Å². The SMILES string of the molecule is CC(C)c1cccc(S(=O)(=O)NC(=O)CCc2cccnc2)c1. The molecular weight excluding hydrogens is 312 g/mol. The molecule has 1 amide bonds. The number of pyridine rings is 1. The predicted octanol–water partition coefficient (Wildman–Crippen LogP) is 2.64. The highest BCUT2D eigenvalue weighted by molar-refractivity contribution is 7.90. The molecule has 0 atom stereocenters. The van der Waals surface area contributed by atoms with E-state index in [0.29, 0.717) is 6.42 Å². The van der Waals surface area contributed by atoms with Crippen LogP contribution in [0.5, 0.6) is 0 Å². The molecule has 0 saturated heterocycles. The van der Waals surface area contributed by atoms with Gasteiger partial charge in [-0.25, -0.2) is 13.1 Å². The van der Waals surface area contributed by atoms with E-state index in [0.717, 1.165) is 11.1 Å². The van der Waals surface area contributed by atoms with Crippen molar-refractivity contribution in [2.45, 2.75) is 37.5 Å². The Morgan fingerprint density at radius 1 is 1.22 bits per heavy atom. The monoisotopic (exact) mass is 332 g/mol. The first-order chi connectivity index (χ1) is 10.9. The van der Waals surface area contributed by atoms with Crippen molar-refractivity contribution in [1.29, 1.82) is 0 Å². The summed E-state index contributed by atoms with van der Waals surface area (Å²) in [6, 6.07) is 10.3. The molecule has 0 unspecified atom stereocenters. The molecule has 0 spiro atoms. The van der Waals surface area contributed by atoms with Crippen LogP contribution in [0.25, 0.3) is 0 Å². The average molecular weight is 332 g/mol. The first-order valence-electron chi connectivity index (χ1n) is 7.43. The summed E-state index contributed by atoms with van der Waals surface area (Å²) in [5.41, 5.74) is 1.80. The lowest BCUT2D eigenvalue weighted by Crippen LogP contribution is -2.30. The lowest BCUT2D eigenvalue weighted by atomic mass is 10.0. The number of nitrogens with zero attached hydrogens (tertiary/aromatic N) is 1. The van der Waals surface area contributed by atoms with Crippen LogP contribution in [0, 0.1) is 0 Å². The van der Waals surface area contributed by atoms with Gasteiger partial charge in [-0.05, 0) is 41.7 Å². The molecule has 0 radical (unpaired) electrons. The second-order valence-corrected chi connectivity index (χ2v) is 7.30. The Kier molecular flexibility index (Phi) is 5.50. The third-order valence-corrected chi connectivity index (χ3v) is 4.82. The minimum atomic E-state index is -3.84. The van der Waals surface area contributed by atoms with E-state index in [1.807, 2.05) is 26.0 Å². The van der Waals surface area contributed by atoms with Gasteiger partial charge in [-0.15, -0.1) is 0 Å². The maximum absolute atomic E-state index is 12.3. The van der Waals surface area contributed by atoms with E-state index in [4.69, 9.17) is 0 Å². The van der Waals surface area contributed by atoms with Crippen molar-refractivity contribution in [3.63, 3.8) is 0 Å². The van der Waals surface area contributed by atoms with Crippen LogP contribution in [0.15, 0.2) is 53.7 Å². The molecule has 0 fully saturated rings. The summed E-state index contributed by atoms with van der Waals surface area (Å²) in [7, 11) is -3.84. The summed E-state index contributed by atoms with van der Waals surface area (Å²) in [5.74, 6) is -0.310. The normalized spacial score (nSPS) is 11.4. The molecule has 122 valence electrons. The highest BCUT2D eigenvalue weighted by Gasteiger charge is 2.18. The summed E-state index contributed by atoms with van der Waals surface area (Å²) in [6.07, 6.45) is 3.85. The first-order valence-corrected chi connectivity index (χ1v) is 8.91. The number of sulfonamides is 1. The van der Waals surface area contributed by atoms with Crippen molar-refractivity contribution < 1.29 is 13.2 Å². The summed E-state index contributed by atoms with van der Waals surface area (Å²) in [5, 5.41) is 0. The maximum atomic E-state index is 12.3. The van der Waals surface area contributed by atoms with Gasteiger partial charge in [-0.1, -0.05) is 32.0 Å². The number of benzene rings is 1. The number of aromatic nitrogens is 1. The van der Waals surface area contributed by atoms with Gasteiger partial charge in [0.15, 0.2) is 0 Å². The highest BCUT2D eigenvalue weighted by Crippen LogP contribution is 2.18. The minimum absolute atomic E-state index is 0.0921. The van der Waals surface area contributed by atoms with Crippen molar-refractivity contribution in [2.75, 3.05) is 0 Å². The lowest BCUT2D eigenvalue weighted by molar-refractivity contribution is -0.119. The molecule has 2 aromatic rings. The van der Waals surface area contributed by atoms with Crippen LogP contribution in [0.3, 0.4) is 0 Å². The minimum Gasteiger partial charge on any atom is -0.274 e. The first kappa shape index (κ1) is 17.1. The molecule has 6 heteroatoms. The van der Waals surface area contributed by atoms with Gasteiger partial charge in [0.2, 0.25) is 5.91 Å². The van der Waals surface area contributed by atoms with Crippen LogP contribution in [0.1, 0.15) is 37.3 Å². The zero-order valence-corrected chi connectivity index (χ0v) is 14.0. The van der Waals surface area contributed by atoms with E-state index in [2.05, 4.69) is 9.71 Å². The van der Waals surface area contributed by atoms with Crippen LogP contribution in [0.2, 0.25) is 0 Å². The molecule has 1 heterocycles. The quantitative estimate of drug-likeness (QED) is 0.882. The van der Waals surface area contributed by atoms with Crippen LogP contribution in [-0.4, -0.2) is 19.3 Å². The van der Waals surface area contributed by atoms with Crippen LogP contribution in [-0.2, 0) is 21.2 Å². The molecule has 0 aliphatic heterocycles. The van der Waals surface area contributed by atoms with Crippen LogP contribution >= 0.6 is 0 Å². The average Bonchev–Trinajstić information content (AvgIpc) is 2.53. The number of carbonyl (C=O) groups excluding carboxylic acids is 1. The fraction of sp³-hybridized carbons (Fsp3) is 0.294. The number of nitrogens with one attached hydrogen (secondary N) is 1. The third kappa shape index (κ3) is 4.89. The summed E-state index contributed by atoms with van der Waals surface area (Å²) < 4.78 is 26.7. The molecule has 0 aliphatic rings. The fourth-order valence-electron chi connectivity index (χ4n) is 2.10. The van der Waals surface area contributed by atoms with E-state index >= 15 is 0 Å². The molecule has 0 bridgehead atoms. The molecule has 1 aromatic heterocycles. The lowest BCUT2D eigenvalue weighted by Gasteiger charge is -2.10. The standard InChI is InChI=1S/C17H20N2O3S/c1-13(2)15-6-3-7-16(11-15)23(21,22)19-17(20)9-8-14-5-4-10-18-12-14/h3-7,10-13H,8-9H2,1-2H3,(H,19,20). The highest BCUT2D eigenvalue weighted by atomic mass is 32.2. The predicted molar refractivity (Wildman–Crippen MR) is 88.4 cm³/mol. The molecule has 1 N–H and O–H groups in total. The number of rotatable bonds is 6. The van der Waals surface area contributed by atoms with Crippen molar-refractivity contribution in [1.82, 2.24) is 9.71 Å². The molecule has 0 saturated carbocycles. The molecule has 0 aliphatic carbocycles. The van der Waals surface area contributed by atoms with Gasteiger partial charge >= 0.3 is 0 Å².